The van der Waals surface area contributed by atoms with E-state index in [1.807, 2.05) is 0 Å². The zero-order valence-electron chi connectivity index (χ0n) is 7.81. The minimum Gasteiger partial charge on any atom is -0.316 e. The van der Waals surface area contributed by atoms with Crippen molar-refractivity contribution >= 4 is 0 Å². The van der Waals surface area contributed by atoms with Gasteiger partial charge in [0, 0.05) is 0 Å². The second kappa shape index (κ2) is 4.08. The van der Waals surface area contributed by atoms with Crippen LogP contribution in [-0.4, -0.2) is 13.1 Å². The molecular weight excluding hydrogens is 146 g/mol. The monoisotopic (exact) mass is 165 g/mol. The van der Waals surface area contributed by atoms with Gasteiger partial charge in [0.25, 0.3) is 0 Å². The third-order valence-electron chi connectivity index (χ3n) is 2.89. The Bertz CT molecular complexity index is 168. The van der Waals surface area contributed by atoms with Crippen LogP contribution in [0.4, 0.5) is 0 Å². The molecule has 0 unspecified atom stereocenters. The summed E-state index contributed by atoms with van der Waals surface area (Å²) >= 11 is 0. The van der Waals surface area contributed by atoms with E-state index >= 15 is 0 Å². The lowest BCUT2D eigenvalue weighted by molar-refractivity contribution is 0.631. The van der Waals surface area contributed by atoms with Gasteiger partial charge in [-0.3, -0.25) is 0 Å². The number of rotatable bonds is 5. The quantitative estimate of drug-likeness (QED) is 0.487. The van der Waals surface area contributed by atoms with Crippen LogP contribution in [0.15, 0.2) is 11.6 Å². The SMILES string of the molecule is C1=C(CCNCC2CC2)CCC1. The average molecular weight is 165 g/mol. The van der Waals surface area contributed by atoms with E-state index in [1.165, 1.54) is 51.6 Å². The maximum absolute atomic E-state index is 3.53. The Kier molecular flexibility index (Phi) is 2.83. The van der Waals surface area contributed by atoms with Crippen LogP contribution in [0.1, 0.15) is 38.5 Å². The Morgan fingerprint density at radius 2 is 2.33 bits per heavy atom. The molecule has 68 valence electrons. The molecule has 0 aromatic heterocycles. The van der Waals surface area contributed by atoms with Gasteiger partial charge in [-0.15, -0.1) is 0 Å². The van der Waals surface area contributed by atoms with E-state index in [9.17, 15) is 0 Å². The van der Waals surface area contributed by atoms with Crippen LogP contribution in [0.3, 0.4) is 0 Å². The van der Waals surface area contributed by atoms with Crippen molar-refractivity contribution in [3.8, 4) is 0 Å². The maximum Gasteiger partial charge on any atom is -0.00115 e. The van der Waals surface area contributed by atoms with Crippen molar-refractivity contribution in [3.63, 3.8) is 0 Å². The van der Waals surface area contributed by atoms with Crippen LogP contribution in [0.25, 0.3) is 0 Å². The summed E-state index contributed by atoms with van der Waals surface area (Å²) in [6, 6.07) is 0. The van der Waals surface area contributed by atoms with Crippen LogP contribution >= 0.6 is 0 Å². The van der Waals surface area contributed by atoms with Gasteiger partial charge >= 0.3 is 0 Å². The average Bonchev–Trinajstić information content (AvgIpc) is 2.76. The van der Waals surface area contributed by atoms with Gasteiger partial charge in [0.15, 0.2) is 0 Å². The van der Waals surface area contributed by atoms with Gasteiger partial charge in [0.05, 0.1) is 0 Å². The molecule has 12 heavy (non-hydrogen) atoms. The van der Waals surface area contributed by atoms with E-state index < -0.39 is 0 Å². The van der Waals surface area contributed by atoms with Crippen molar-refractivity contribution < 1.29 is 0 Å². The lowest BCUT2D eigenvalue weighted by atomic mass is 10.2. The number of hydrogen-bond donors (Lipinski definition) is 1. The molecule has 2 rings (SSSR count). The van der Waals surface area contributed by atoms with Gasteiger partial charge in [-0.25, -0.2) is 0 Å². The van der Waals surface area contributed by atoms with Crippen molar-refractivity contribution in [3.05, 3.63) is 11.6 Å². The Morgan fingerprint density at radius 1 is 1.42 bits per heavy atom. The smallest absolute Gasteiger partial charge is 0.00115 e. The summed E-state index contributed by atoms with van der Waals surface area (Å²) in [4.78, 5) is 0. The molecule has 0 aromatic rings. The van der Waals surface area contributed by atoms with Crippen LogP contribution in [0.5, 0.6) is 0 Å². The first kappa shape index (κ1) is 8.31. The van der Waals surface area contributed by atoms with E-state index in [1.54, 1.807) is 5.57 Å². The maximum atomic E-state index is 3.53. The number of allylic oxidation sites excluding steroid dienone is 1. The van der Waals surface area contributed by atoms with Crippen molar-refractivity contribution in [2.45, 2.75) is 38.5 Å². The van der Waals surface area contributed by atoms with Crippen molar-refractivity contribution in [1.82, 2.24) is 5.32 Å². The molecule has 0 heterocycles. The molecule has 1 fully saturated rings. The van der Waals surface area contributed by atoms with Crippen molar-refractivity contribution in [2.24, 2.45) is 5.92 Å². The van der Waals surface area contributed by atoms with E-state index in [-0.39, 0.29) is 0 Å². The van der Waals surface area contributed by atoms with Gasteiger partial charge in [0.1, 0.15) is 0 Å². The van der Waals surface area contributed by atoms with Gasteiger partial charge in [-0.1, -0.05) is 11.6 Å². The topological polar surface area (TPSA) is 12.0 Å². The molecule has 2 aliphatic rings. The molecule has 0 bridgehead atoms. The van der Waals surface area contributed by atoms with Crippen LogP contribution in [0.2, 0.25) is 0 Å². The first-order valence-electron chi connectivity index (χ1n) is 5.34. The van der Waals surface area contributed by atoms with Gasteiger partial charge < -0.3 is 5.32 Å². The largest absolute Gasteiger partial charge is 0.316 e. The van der Waals surface area contributed by atoms with Crippen LogP contribution < -0.4 is 5.32 Å². The standard InChI is InChI=1S/C11H19N/c1-2-4-10(3-1)7-8-12-9-11-5-6-11/h3,11-12H,1-2,4-9H2. The summed E-state index contributed by atoms with van der Waals surface area (Å²) in [7, 11) is 0. The lowest BCUT2D eigenvalue weighted by Crippen LogP contribution is -2.18. The molecule has 0 spiro atoms. The highest BCUT2D eigenvalue weighted by atomic mass is 14.9. The zero-order chi connectivity index (χ0) is 8.23. The Hall–Kier alpha value is -0.300. The number of hydrogen-bond acceptors (Lipinski definition) is 1. The molecule has 2 aliphatic carbocycles. The van der Waals surface area contributed by atoms with E-state index in [4.69, 9.17) is 0 Å². The Balaban J connectivity index is 1.49. The van der Waals surface area contributed by atoms with Gasteiger partial charge in [-0.2, -0.15) is 0 Å². The third-order valence-corrected chi connectivity index (χ3v) is 2.89. The molecule has 1 nitrogen and oxygen atoms in total. The van der Waals surface area contributed by atoms with Crippen LogP contribution in [0, 0.1) is 5.92 Å². The predicted octanol–water partition coefficient (Wildman–Crippen LogP) is 2.49. The first-order valence-corrected chi connectivity index (χ1v) is 5.34. The normalized spacial score (nSPS) is 22.8. The molecule has 0 aliphatic heterocycles. The van der Waals surface area contributed by atoms with Gasteiger partial charge in [-0.05, 0) is 57.5 Å². The molecular formula is C11H19N. The highest BCUT2D eigenvalue weighted by Crippen LogP contribution is 2.27. The van der Waals surface area contributed by atoms with Crippen molar-refractivity contribution in [1.29, 1.82) is 0 Å². The minimum atomic E-state index is 1.03. The fourth-order valence-electron chi connectivity index (χ4n) is 1.84. The highest BCUT2D eigenvalue weighted by molar-refractivity contribution is 5.07. The fraction of sp³-hybridized carbons (Fsp3) is 0.818. The lowest BCUT2D eigenvalue weighted by Gasteiger charge is -2.03. The molecule has 0 atom stereocenters. The molecule has 0 amide bonds. The second-order valence-corrected chi connectivity index (χ2v) is 4.15. The van der Waals surface area contributed by atoms with E-state index in [2.05, 4.69) is 11.4 Å². The minimum absolute atomic E-state index is 1.03. The van der Waals surface area contributed by atoms with Gasteiger partial charge in [0.2, 0.25) is 0 Å². The second-order valence-electron chi connectivity index (χ2n) is 4.15. The summed E-state index contributed by atoms with van der Waals surface area (Å²) in [5.41, 5.74) is 1.69. The summed E-state index contributed by atoms with van der Waals surface area (Å²) in [6.07, 6.45) is 10.8. The Morgan fingerprint density at radius 3 is 3.00 bits per heavy atom. The van der Waals surface area contributed by atoms with Crippen LogP contribution in [-0.2, 0) is 0 Å². The summed E-state index contributed by atoms with van der Waals surface area (Å²) < 4.78 is 0. The zero-order valence-corrected chi connectivity index (χ0v) is 7.81. The molecule has 0 aromatic carbocycles. The molecule has 1 saturated carbocycles. The van der Waals surface area contributed by atoms with E-state index in [0.717, 1.165) is 5.92 Å². The predicted molar refractivity (Wildman–Crippen MR) is 52.1 cm³/mol. The Labute approximate surface area is 75.2 Å². The summed E-state index contributed by atoms with van der Waals surface area (Å²) in [6.45, 7) is 2.48. The highest BCUT2D eigenvalue weighted by Gasteiger charge is 2.19. The first-order chi connectivity index (χ1) is 5.95. The van der Waals surface area contributed by atoms with E-state index in [0.29, 0.717) is 0 Å². The number of nitrogens with one attached hydrogen (secondary N) is 1. The summed E-state index contributed by atoms with van der Waals surface area (Å²) in [5.74, 6) is 1.03. The molecule has 0 saturated heterocycles. The fourth-order valence-corrected chi connectivity index (χ4v) is 1.84. The third kappa shape index (κ3) is 2.63. The molecule has 0 radical (unpaired) electrons. The molecule has 1 heteroatoms. The molecule has 1 N–H and O–H groups in total. The van der Waals surface area contributed by atoms with Crippen molar-refractivity contribution in [2.75, 3.05) is 13.1 Å². The summed E-state index contributed by atoms with van der Waals surface area (Å²) in [5, 5.41) is 3.53.